The van der Waals surface area contributed by atoms with E-state index >= 15 is 0 Å². The topological polar surface area (TPSA) is 136 Å². The van der Waals surface area contributed by atoms with Crippen molar-refractivity contribution in [3.8, 4) is 0 Å². The van der Waals surface area contributed by atoms with E-state index in [0.29, 0.717) is 17.7 Å². The Morgan fingerprint density at radius 1 is 1.14 bits per heavy atom. The summed E-state index contributed by atoms with van der Waals surface area (Å²) in [7, 11) is -3.60. The zero-order valence-corrected chi connectivity index (χ0v) is 16.4. The molecule has 150 valence electrons. The summed E-state index contributed by atoms with van der Waals surface area (Å²) in [6, 6.07) is 16.3. The molecule has 0 heterocycles. The molecule has 2 aromatic rings. The van der Waals surface area contributed by atoms with Gasteiger partial charge in [0.2, 0.25) is 7.37 Å². The number of rotatable bonds is 10. The van der Waals surface area contributed by atoms with Crippen molar-refractivity contribution in [2.24, 2.45) is 5.73 Å². The van der Waals surface area contributed by atoms with Gasteiger partial charge in [-0.1, -0.05) is 42.5 Å². The van der Waals surface area contributed by atoms with E-state index in [0.717, 1.165) is 12.8 Å². The van der Waals surface area contributed by atoms with Crippen molar-refractivity contribution in [1.29, 1.82) is 5.41 Å². The van der Waals surface area contributed by atoms with Crippen LogP contribution in [-0.2, 0) is 15.8 Å². The lowest BCUT2D eigenvalue weighted by Crippen LogP contribution is -2.21. The third-order valence-electron chi connectivity index (χ3n) is 4.40. The van der Waals surface area contributed by atoms with E-state index in [9.17, 15) is 19.4 Å². The number of nitrogens with one attached hydrogen (secondary N) is 2. The van der Waals surface area contributed by atoms with Crippen molar-refractivity contribution in [3.63, 3.8) is 0 Å². The first-order valence-corrected chi connectivity index (χ1v) is 11.1. The summed E-state index contributed by atoms with van der Waals surface area (Å²) in [5, 5.41) is 19.4. The first-order chi connectivity index (χ1) is 13.3. The fourth-order valence-electron chi connectivity index (χ4n) is 3.02. The number of aliphatic carboxylic acids is 1. The van der Waals surface area contributed by atoms with E-state index in [1.807, 2.05) is 30.3 Å². The molecular formula is C20H26N3O4P. The molecule has 2 rings (SSSR count). The highest BCUT2D eigenvalue weighted by atomic mass is 31.2. The number of anilines is 1. The van der Waals surface area contributed by atoms with Crippen LogP contribution in [0.2, 0.25) is 0 Å². The van der Waals surface area contributed by atoms with Gasteiger partial charge in [0.1, 0.15) is 0 Å². The summed E-state index contributed by atoms with van der Waals surface area (Å²) in [5.41, 5.74) is 7.33. The van der Waals surface area contributed by atoms with Crippen LogP contribution in [0.25, 0.3) is 0 Å². The maximum absolute atomic E-state index is 12.6. The van der Waals surface area contributed by atoms with Gasteiger partial charge in [0, 0.05) is 18.0 Å². The maximum atomic E-state index is 12.6. The molecule has 7 nitrogen and oxygen atoms in total. The van der Waals surface area contributed by atoms with E-state index in [4.69, 9.17) is 11.1 Å². The lowest BCUT2D eigenvalue weighted by atomic mass is 10.0. The van der Waals surface area contributed by atoms with Gasteiger partial charge in [-0.3, -0.25) is 14.8 Å². The summed E-state index contributed by atoms with van der Waals surface area (Å²) >= 11 is 0. The highest BCUT2D eigenvalue weighted by Crippen LogP contribution is 2.46. The Labute approximate surface area is 164 Å². The fourth-order valence-corrected chi connectivity index (χ4v) is 4.86. The lowest BCUT2D eigenvalue weighted by Gasteiger charge is -2.18. The molecule has 28 heavy (non-hydrogen) atoms. The zero-order chi connectivity index (χ0) is 20.6. The Hall–Kier alpha value is -2.63. The monoisotopic (exact) mass is 403 g/mol. The van der Waals surface area contributed by atoms with E-state index in [-0.39, 0.29) is 18.3 Å². The number of carboxylic acids is 1. The number of nitrogens with two attached hydrogens (primary N) is 1. The molecule has 0 amide bonds. The van der Waals surface area contributed by atoms with E-state index in [2.05, 4.69) is 5.32 Å². The third-order valence-corrected chi connectivity index (χ3v) is 6.35. The van der Waals surface area contributed by atoms with Crippen molar-refractivity contribution < 1.29 is 19.4 Å². The number of aryl methyl sites for hydroxylation is 1. The van der Waals surface area contributed by atoms with Gasteiger partial charge >= 0.3 is 5.97 Å². The Morgan fingerprint density at radius 2 is 1.86 bits per heavy atom. The number of benzene rings is 2. The number of hydrogen-bond acceptors (Lipinski definition) is 3. The Morgan fingerprint density at radius 3 is 2.50 bits per heavy atom. The fraction of sp³-hybridized carbons (Fsp3) is 0.300. The Kier molecular flexibility index (Phi) is 7.79. The van der Waals surface area contributed by atoms with Crippen LogP contribution in [0.15, 0.2) is 54.6 Å². The van der Waals surface area contributed by atoms with Gasteiger partial charge in [-0.05, 0) is 42.5 Å². The summed E-state index contributed by atoms with van der Waals surface area (Å²) in [6.07, 6.45) is 1.92. The molecule has 0 spiro atoms. The first kappa shape index (κ1) is 21.7. The molecular weight excluding hydrogens is 377 g/mol. The standard InChI is InChI=1S/C20H26N3O4P/c21-20(22)23-17-11-6-10-16(13-17)18(19(24)25)14-28(26,27)12-5-4-9-15-7-2-1-3-8-15/h1-3,6-8,10-11,13,18H,4-5,9,12,14H2,(H,24,25)(H,26,27)(H4,21,22,23). The number of carbonyl (C=O) groups is 1. The average Bonchev–Trinajstić information content (AvgIpc) is 2.64. The Balaban J connectivity index is 1.97. The summed E-state index contributed by atoms with van der Waals surface area (Å²) in [4.78, 5) is 22.0. The van der Waals surface area contributed by atoms with Crippen LogP contribution in [0.3, 0.4) is 0 Å². The highest BCUT2D eigenvalue weighted by Gasteiger charge is 2.30. The third kappa shape index (κ3) is 7.18. The highest BCUT2D eigenvalue weighted by molar-refractivity contribution is 7.58. The smallest absolute Gasteiger partial charge is 0.311 e. The van der Waals surface area contributed by atoms with Gasteiger partial charge in [-0.2, -0.15) is 0 Å². The van der Waals surface area contributed by atoms with Crippen molar-refractivity contribution in [1.82, 2.24) is 0 Å². The summed E-state index contributed by atoms with van der Waals surface area (Å²) < 4.78 is 12.6. The van der Waals surface area contributed by atoms with Gasteiger partial charge in [0.05, 0.1) is 5.92 Å². The minimum atomic E-state index is -3.60. The van der Waals surface area contributed by atoms with E-state index in [1.54, 1.807) is 18.2 Å². The van der Waals surface area contributed by atoms with Crippen LogP contribution in [0.1, 0.15) is 29.9 Å². The predicted molar refractivity (Wildman–Crippen MR) is 111 cm³/mol. The summed E-state index contributed by atoms with van der Waals surface area (Å²) in [6.45, 7) is 0. The maximum Gasteiger partial charge on any atom is 0.311 e. The molecule has 0 fully saturated rings. The van der Waals surface area contributed by atoms with Crippen molar-refractivity contribution in [2.45, 2.75) is 25.2 Å². The number of hydrogen-bond donors (Lipinski definition) is 5. The second kappa shape index (κ2) is 10.1. The predicted octanol–water partition coefficient (Wildman–Crippen LogP) is 3.45. The first-order valence-electron chi connectivity index (χ1n) is 9.05. The Bertz CT molecular complexity index is 858. The molecule has 0 aromatic heterocycles. The normalized spacial score (nSPS) is 14.0. The quantitative estimate of drug-likeness (QED) is 0.178. The van der Waals surface area contributed by atoms with E-state index < -0.39 is 19.3 Å². The molecule has 0 saturated heterocycles. The van der Waals surface area contributed by atoms with Crippen LogP contribution in [0.5, 0.6) is 0 Å². The minimum Gasteiger partial charge on any atom is -0.481 e. The number of carboxylic acid groups (broad SMARTS) is 1. The molecule has 0 bridgehead atoms. The second-order valence-corrected chi connectivity index (χ2v) is 9.26. The number of unbranched alkanes of at least 4 members (excludes halogenated alkanes) is 1. The van der Waals surface area contributed by atoms with Gasteiger partial charge in [0.25, 0.3) is 0 Å². The zero-order valence-electron chi connectivity index (χ0n) is 15.5. The molecule has 0 aliphatic carbocycles. The minimum absolute atomic E-state index is 0.0923. The molecule has 8 heteroatoms. The van der Waals surface area contributed by atoms with Crippen LogP contribution >= 0.6 is 7.37 Å². The van der Waals surface area contributed by atoms with Crippen molar-refractivity contribution >= 4 is 25.0 Å². The van der Waals surface area contributed by atoms with Gasteiger partial charge in [0.15, 0.2) is 5.96 Å². The van der Waals surface area contributed by atoms with Gasteiger partial charge < -0.3 is 21.1 Å². The molecule has 0 radical (unpaired) electrons. The lowest BCUT2D eigenvalue weighted by molar-refractivity contribution is -0.138. The molecule has 0 aliphatic rings. The molecule has 6 N–H and O–H groups in total. The van der Waals surface area contributed by atoms with Crippen LogP contribution < -0.4 is 11.1 Å². The molecule has 2 aromatic carbocycles. The number of guanidine groups is 1. The van der Waals surface area contributed by atoms with E-state index in [1.165, 1.54) is 11.6 Å². The molecule has 0 aliphatic heterocycles. The molecule has 2 atom stereocenters. The molecule has 2 unspecified atom stereocenters. The second-order valence-electron chi connectivity index (χ2n) is 6.75. The van der Waals surface area contributed by atoms with Crippen LogP contribution in [0, 0.1) is 5.41 Å². The van der Waals surface area contributed by atoms with Crippen molar-refractivity contribution in [3.05, 3.63) is 65.7 Å². The SMILES string of the molecule is N=C(N)Nc1cccc(C(CP(=O)(O)CCCCc2ccccc2)C(=O)O)c1. The summed E-state index contributed by atoms with van der Waals surface area (Å²) in [5.74, 6) is -2.52. The average molecular weight is 403 g/mol. The molecule has 0 saturated carbocycles. The van der Waals surface area contributed by atoms with Crippen LogP contribution in [0.4, 0.5) is 5.69 Å². The van der Waals surface area contributed by atoms with Gasteiger partial charge in [-0.25, -0.2) is 0 Å². The van der Waals surface area contributed by atoms with Crippen LogP contribution in [-0.4, -0.2) is 34.3 Å². The largest absolute Gasteiger partial charge is 0.481 e. The van der Waals surface area contributed by atoms with Crippen molar-refractivity contribution in [2.75, 3.05) is 17.6 Å². The van der Waals surface area contributed by atoms with Gasteiger partial charge in [-0.15, -0.1) is 0 Å².